The minimum Gasteiger partial charge on any atom is -0.382 e. The summed E-state index contributed by atoms with van der Waals surface area (Å²) in [5.41, 5.74) is 5.87. The molecule has 0 aliphatic rings. The standard InChI is InChI=1S/C19H23N3OS/c1-2-23-15-9-14-20-19(24)22-21-18(16-10-5-3-6-11-16)17-12-7-4-8-13-17/h3-8,10-13H,2,9,14-15H2,1H3,(H2,20,22,24). The van der Waals surface area contributed by atoms with Gasteiger partial charge >= 0.3 is 0 Å². The van der Waals surface area contributed by atoms with Crippen LogP contribution in [0.25, 0.3) is 0 Å². The Hall–Kier alpha value is -2.24. The Kier molecular flexibility index (Phi) is 7.93. The highest BCUT2D eigenvalue weighted by molar-refractivity contribution is 7.80. The fraction of sp³-hybridized carbons (Fsp3) is 0.263. The number of ether oxygens (including phenoxy) is 1. The van der Waals surface area contributed by atoms with Crippen LogP contribution in [0.2, 0.25) is 0 Å². The average Bonchev–Trinajstić information content (AvgIpc) is 2.63. The first-order chi connectivity index (χ1) is 11.8. The van der Waals surface area contributed by atoms with Gasteiger partial charge in [0, 0.05) is 30.9 Å². The van der Waals surface area contributed by atoms with Crippen LogP contribution >= 0.6 is 12.2 Å². The van der Waals surface area contributed by atoms with Crippen LogP contribution in [0.3, 0.4) is 0 Å². The Balaban J connectivity index is 2.00. The Morgan fingerprint density at radius 2 is 1.58 bits per heavy atom. The van der Waals surface area contributed by atoms with Gasteiger partial charge in [0.2, 0.25) is 0 Å². The van der Waals surface area contributed by atoms with Gasteiger partial charge in [0.1, 0.15) is 0 Å². The van der Waals surface area contributed by atoms with E-state index in [0.29, 0.717) is 5.11 Å². The molecule has 0 unspecified atom stereocenters. The number of hydrazone groups is 1. The van der Waals surface area contributed by atoms with Crippen LogP contribution in [0.1, 0.15) is 24.5 Å². The first-order valence-corrected chi connectivity index (χ1v) is 8.52. The van der Waals surface area contributed by atoms with E-state index in [0.717, 1.165) is 43.0 Å². The van der Waals surface area contributed by atoms with Gasteiger partial charge in [0.25, 0.3) is 0 Å². The van der Waals surface area contributed by atoms with E-state index in [1.165, 1.54) is 0 Å². The molecule has 0 spiro atoms. The molecule has 0 aliphatic heterocycles. The van der Waals surface area contributed by atoms with Crippen molar-refractivity contribution in [3.8, 4) is 0 Å². The average molecular weight is 341 g/mol. The zero-order valence-corrected chi connectivity index (χ0v) is 14.7. The first-order valence-electron chi connectivity index (χ1n) is 8.11. The minimum atomic E-state index is 0.510. The Bertz CT molecular complexity index is 603. The van der Waals surface area contributed by atoms with E-state index in [-0.39, 0.29) is 0 Å². The second-order valence-corrected chi connectivity index (χ2v) is 5.52. The van der Waals surface area contributed by atoms with Crippen LogP contribution in [-0.2, 0) is 4.74 Å². The summed E-state index contributed by atoms with van der Waals surface area (Å²) in [5.74, 6) is 0. The SMILES string of the molecule is CCOCCCNC(=S)NN=C(c1ccccc1)c1ccccc1. The molecular formula is C19H23N3OS. The van der Waals surface area contributed by atoms with Crippen LogP contribution in [0.5, 0.6) is 0 Å². The van der Waals surface area contributed by atoms with Gasteiger partial charge in [-0.1, -0.05) is 60.7 Å². The molecule has 0 atom stereocenters. The molecule has 0 aliphatic carbocycles. The third kappa shape index (κ3) is 6.10. The van der Waals surface area contributed by atoms with E-state index in [4.69, 9.17) is 17.0 Å². The van der Waals surface area contributed by atoms with E-state index in [1.54, 1.807) is 0 Å². The summed E-state index contributed by atoms with van der Waals surface area (Å²) in [6, 6.07) is 20.1. The van der Waals surface area contributed by atoms with Crippen molar-refractivity contribution in [3.05, 3.63) is 71.8 Å². The van der Waals surface area contributed by atoms with E-state index >= 15 is 0 Å². The second kappa shape index (κ2) is 10.5. The van der Waals surface area contributed by atoms with E-state index in [9.17, 15) is 0 Å². The molecule has 2 aromatic rings. The fourth-order valence-corrected chi connectivity index (χ4v) is 2.30. The number of nitrogens with zero attached hydrogens (tertiary/aromatic N) is 1. The van der Waals surface area contributed by atoms with Crippen molar-refractivity contribution in [3.63, 3.8) is 0 Å². The normalized spacial score (nSPS) is 10.0. The maximum atomic E-state index is 5.30. The van der Waals surface area contributed by atoms with Crippen LogP contribution in [0.4, 0.5) is 0 Å². The van der Waals surface area contributed by atoms with Crippen molar-refractivity contribution in [2.75, 3.05) is 19.8 Å². The molecule has 2 aromatic carbocycles. The van der Waals surface area contributed by atoms with E-state index in [1.807, 2.05) is 67.6 Å². The monoisotopic (exact) mass is 341 g/mol. The summed E-state index contributed by atoms with van der Waals surface area (Å²) in [6.45, 7) is 4.22. The van der Waals surface area contributed by atoms with Crippen molar-refractivity contribution in [1.82, 2.24) is 10.7 Å². The van der Waals surface area contributed by atoms with Crippen LogP contribution < -0.4 is 10.7 Å². The molecule has 2 N–H and O–H groups in total. The Morgan fingerprint density at radius 1 is 1.00 bits per heavy atom. The van der Waals surface area contributed by atoms with Gasteiger partial charge in [-0.05, 0) is 25.6 Å². The molecular weight excluding hydrogens is 318 g/mol. The van der Waals surface area contributed by atoms with Crippen molar-refractivity contribution in [1.29, 1.82) is 0 Å². The molecule has 2 rings (SSSR count). The van der Waals surface area contributed by atoms with Crippen LogP contribution in [0.15, 0.2) is 65.8 Å². The molecule has 126 valence electrons. The van der Waals surface area contributed by atoms with E-state index in [2.05, 4.69) is 15.8 Å². The number of benzene rings is 2. The molecule has 0 aromatic heterocycles. The van der Waals surface area contributed by atoms with Crippen molar-refractivity contribution in [2.45, 2.75) is 13.3 Å². The Labute approximate surface area is 148 Å². The van der Waals surface area contributed by atoms with Gasteiger partial charge in [-0.3, -0.25) is 5.43 Å². The molecule has 0 saturated carbocycles. The van der Waals surface area contributed by atoms with Crippen molar-refractivity contribution >= 4 is 23.0 Å². The largest absolute Gasteiger partial charge is 0.382 e. The van der Waals surface area contributed by atoms with Gasteiger partial charge in [-0.2, -0.15) is 5.10 Å². The molecule has 4 nitrogen and oxygen atoms in total. The number of thiocarbonyl (C=S) groups is 1. The summed E-state index contributed by atoms with van der Waals surface area (Å²) in [4.78, 5) is 0. The quantitative estimate of drug-likeness (QED) is 0.335. The number of rotatable bonds is 8. The zero-order valence-electron chi connectivity index (χ0n) is 13.9. The molecule has 0 heterocycles. The summed E-state index contributed by atoms with van der Waals surface area (Å²) in [7, 11) is 0. The number of hydrogen-bond donors (Lipinski definition) is 2. The summed E-state index contributed by atoms with van der Waals surface area (Å²) in [5, 5.41) is 8.15. The topological polar surface area (TPSA) is 45.6 Å². The Morgan fingerprint density at radius 3 is 2.12 bits per heavy atom. The predicted octanol–water partition coefficient (Wildman–Crippen LogP) is 3.33. The fourth-order valence-electron chi connectivity index (χ4n) is 2.15. The lowest BCUT2D eigenvalue weighted by Gasteiger charge is -2.10. The summed E-state index contributed by atoms with van der Waals surface area (Å²) in [6.07, 6.45) is 0.906. The lowest BCUT2D eigenvalue weighted by atomic mass is 10.0. The summed E-state index contributed by atoms with van der Waals surface area (Å²) < 4.78 is 5.30. The second-order valence-electron chi connectivity index (χ2n) is 5.11. The molecule has 0 bridgehead atoms. The highest BCUT2D eigenvalue weighted by atomic mass is 32.1. The maximum absolute atomic E-state index is 5.30. The maximum Gasteiger partial charge on any atom is 0.186 e. The predicted molar refractivity (Wildman–Crippen MR) is 103 cm³/mol. The lowest BCUT2D eigenvalue weighted by molar-refractivity contribution is 0.145. The van der Waals surface area contributed by atoms with Gasteiger partial charge in [-0.25, -0.2) is 0 Å². The van der Waals surface area contributed by atoms with Gasteiger partial charge in [0.05, 0.1) is 5.71 Å². The summed E-state index contributed by atoms with van der Waals surface area (Å²) >= 11 is 5.28. The third-order valence-corrected chi connectivity index (χ3v) is 3.55. The molecule has 5 heteroatoms. The first kappa shape index (κ1) is 18.1. The minimum absolute atomic E-state index is 0.510. The van der Waals surface area contributed by atoms with Gasteiger partial charge in [-0.15, -0.1) is 0 Å². The van der Waals surface area contributed by atoms with Crippen LogP contribution in [-0.4, -0.2) is 30.6 Å². The zero-order chi connectivity index (χ0) is 17.0. The lowest BCUT2D eigenvalue weighted by Crippen LogP contribution is -2.33. The molecule has 0 fully saturated rings. The smallest absolute Gasteiger partial charge is 0.186 e. The number of nitrogens with one attached hydrogen (secondary N) is 2. The highest BCUT2D eigenvalue weighted by Gasteiger charge is 2.06. The molecule has 24 heavy (non-hydrogen) atoms. The van der Waals surface area contributed by atoms with E-state index < -0.39 is 0 Å². The number of hydrogen-bond acceptors (Lipinski definition) is 3. The van der Waals surface area contributed by atoms with Gasteiger partial charge < -0.3 is 10.1 Å². The molecule has 0 saturated heterocycles. The highest BCUT2D eigenvalue weighted by Crippen LogP contribution is 2.10. The molecule has 0 radical (unpaired) electrons. The van der Waals surface area contributed by atoms with Crippen molar-refractivity contribution in [2.24, 2.45) is 5.10 Å². The van der Waals surface area contributed by atoms with Crippen molar-refractivity contribution < 1.29 is 4.74 Å². The molecule has 0 amide bonds. The van der Waals surface area contributed by atoms with Crippen LogP contribution in [0, 0.1) is 0 Å². The third-order valence-electron chi connectivity index (χ3n) is 3.32. The van der Waals surface area contributed by atoms with Gasteiger partial charge in [0.15, 0.2) is 5.11 Å².